The van der Waals surface area contributed by atoms with Crippen molar-refractivity contribution in [1.82, 2.24) is 4.31 Å². The first-order valence-corrected chi connectivity index (χ1v) is 8.17. The van der Waals surface area contributed by atoms with Crippen LogP contribution in [0.15, 0.2) is 17.0 Å². The Bertz CT molecular complexity index is 720. The summed E-state index contributed by atoms with van der Waals surface area (Å²) in [5.74, 6) is 0.369. The van der Waals surface area contributed by atoms with Crippen LogP contribution in [0.1, 0.15) is 6.42 Å². The van der Waals surface area contributed by atoms with E-state index in [1.807, 2.05) is 0 Å². The van der Waals surface area contributed by atoms with E-state index in [1.54, 1.807) is 0 Å². The lowest BCUT2D eigenvalue weighted by atomic mass is 10.2. The van der Waals surface area contributed by atoms with Gasteiger partial charge in [0.25, 0.3) is 5.69 Å². The molecule has 1 aromatic rings. The molecule has 10 heteroatoms. The van der Waals surface area contributed by atoms with Gasteiger partial charge >= 0.3 is 0 Å². The lowest BCUT2D eigenvalue weighted by Gasteiger charge is -2.21. The van der Waals surface area contributed by atoms with Crippen LogP contribution < -0.4 is 15.2 Å². The highest BCUT2D eigenvalue weighted by Gasteiger charge is 2.37. The summed E-state index contributed by atoms with van der Waals surface area (Å²) in [4.78, 5) is 10.1. The van der Waals surface area contributed by atoms with E-state index >= 15 is 0 Å². The molecular weight excluding hydrogens is 314 g/mol. The van der Waals surface area contributed by atoms with Gasteiger partial charge in [0.05, 0.1) is 11.0 Å². The van der Waals surface area contributed by atoms with E-state index in [0.717, 1.165) is 16.4 Å². The molecule has 0 aliphatic carbocycles. The van der Waals surface area contributed by atoms with Crippen molar-refractivity contribution in [1.29, 1.82) is 0 Å². The molecule has 2 aliphatic heterocycles. The van der Waals surface area contributed by atoms with Gasteiger partial charge in [0, 0.05) is 25.2 Å². The molecule has 1 atom stereocenters. The van der Waals surface area contributed by atoms with Gasteiger partial charge in [-0.1, -0.05) is 0 Å². The minimum absolute atomic E-state index is 0.147. The Hall–Kier alpha value is -1.91. The molecule has 22 heavy (non-hydrogen) atoms. The number of nitro benzene ring substituents is 1. The Morgan fingerprint density at radius 1 is 1.27 bits per heavy atom. The van der Waals surface area contributed by atoms with Crippen molar-refractivity contribution < 1.29 is 22.8 Å². The second-order valence-corrected chi connectivity index (χ2v) is 7.04. The topological polar surface area (TPSA) is 125 Å². The Morgan fingerprint density at radius 3 is 2.45 bits per heavy atom. The summed E-state index contributed by atoms with van der Waals surface area (Å²) in [7, 11) is -4.00. The highest BCUT2D eigenvalue weighted by molar-refractivity contribution is 7.89. The van der Waals surface area contributed by atoms with Crippen molar-refractivity contribution in [2.24, 2.45) is 5.73 Å². The maximum atomic E-state index is 12.7. The van der Waals surface area contributed by atoms with Crippen molar-refractivity contribution in [2.75, 3.05) is 26.3 Å². The quantitative estimate of drug-likeness (QED) is 0.615. The zero-order valence-corrected chi connectivity index (χ0v) is 12.4. The number of sulfonamides is 1. The van der Waals surface area contributed by atoms with Crippen LogP contribution in [0, 0.1) is 10.1 Å². The molecule has 120 valence electrons. The van der Waals surface area contributed by atoms with Gasteiger partial charge in [0.1, 0.15) is 13.2 Å². The molecule has 3 rings (SSSR count). The van der Waals surface area contributed by atoms with Crippen LogP contribution in [0.4, 0.5) is 5.69 Å². The van der Waals surface area contributed by atoms with Gasteiger partial charge in [-0.05, 0) is 6.42 Å². The second kappa shape index (κ2) is 5.38. The van der Waals surface area contributed by atoms with Crippen LogP contribution in [-0.4, -0.2) is 50.0 Å². The molecule has 0 unspecified atom stereocenters. The summed E-state index contributed by atoms with van der Waals surface area (Å²) in [6, 6.07) is 1.99. The normalized spacial score (nSPS) is 21.8. The number of benzene rings is 1. The predicted molar refractivity (Wildman–Crippen MR) is 75.4 cm³/mol. The fourth-order valence-corrected chi connectivity index (χ4v) is 4.19. The number of hydrogen-bond acceptors (Lipinski definition) is 7. The molecule has 0 spiro atoms. The maximum absolute atomic E-state index is 12.7. The molecule has 0 bridgehead atoms. The van der Waals surface area contributed by atoms with Crippen molar-refractivity contribution in [2.45, 2.75) is 17.4 Å². The predicted octanol–water partition coefficient (Wildman–Crippen LogP) is 0.0877. The van der Waals surface area contributed by atoms with Gasteiger partial charge < -0.3 is 15.2 Å². The monoisotopic (exact) mass is 329 g/mol. The molecule has 1 aromatic carbocycles. The van der Waals surface area contributed by atoms with E-state index in [2.05, 4.69) is 0 Å². The molecule has 0 aromatic heterocycles. The molecule has 1 saturated heterocycles. The summed E-state index contributed by atoms with van der Waals surface area (Å²) in [5.41, 5.74) is 5.20. The molecule has 2 N–H and O–H groups in total. The first kappa shape index (κ1) is 15.0. The molecule has 2 aliphatic rings. The van der Waals surface area contributed by atoms with Crippen molar-refractivity contribution in [3.05, 3.63) is 22.2 Å². The SMILES string of the molecule is N[C@@H]1CCN(S(=O)(=O)c2cc3c(cc2[N+](=O)[O-])OCCO3)C1. The first-order valence-electron chi connectivity index (χ1n) is 6.73. The van der Waals surface area contributed by atoms with Gasteiger partial charge in [-0.3, -0.25) is 10.1 Å². The van der Waals surface area contributed by atoms with Crippen LogP contribution >= 0.6 is 0 Å². The Kier molecular flexibility index (Phi) is 3.67. The third-order valence-electron chi connectivity index (χ3n) is 3.63. The number of nitrogens with zero attached hydrogens (tertiary/aromatic N) is 2. The third kappa shape index (κ3) is 2.49. The van der Waals surface area contributed by atoms with Gasteiger partial charge in [0.15, 0.2) is 16.4 Å². The van der Waals surface area contributed by atoms with E-state index in [1.165, 1.54) is 0 Å². The molecule has 9 nitrogen and oxygen atoms in total. The van der Waals surface area contributed by atoms with Gasteiger partial charge in [-0.25, -0.2) is 8.42 Å². The zero-order valence-electron chi connectivity index (χ0n) is 11.6. The van der Waals surface area contributed by atoms with Crippen molar-refractivity contribution >= 4 is 15.7 Å². The average molecular weight is 329 g/mol. The Balaban J connectivity index is 2.10. The Labute approximate surface area is 126 Å². The van der Waals surface area contributed by atoms with Crippen LogP contribution in [0.3, 0.4) is 0 Å². The summed E-state index contributed by atoms with van der Waals surface area (Å²) >= 11 is 0. The minimum atomic E-state index is -4.00. The van der Waals surface area contributed by atoms with Gasteiger partial charge in [0.2, 0.25) is 10.0 Å². The zero-order chi connectivity index (χ0) is 15.9. The molecule has 0 radical (unpaired) electrons. The van der Waals surface area contributed by atoms with E-state index in [-0.39, 0.29) is 43.8 Å². The van der Waals surface area contributed by atoms with Crippen LogP contribution in [0.5, 0.6) is 11.5 Å². The highest BCUT2D eigenvalue weighted by Crippen LogP contribution is 2.39. The largest absolute Gasteiger partial charge is 0.486 e. The number of fused-ring (bicyclic) bond motifs is 1. The number of rotatable bonds is 3. The molecular formula is C12H15N3O6S. The number of nitro groups is 1. The first-order chi connectivity index (χ1) is 10.4. The number of hydrogen-bond donors (Lipinski definition) is 1. The summed E-state index contributed by atoms with van der Waals surface area (Å²) < 4.78 is 37.1. The van der Waals surface area contributed by atoms with Crippen molar-refractivity contribution in [3.63, 3.8) is 0 Å². The standard InChI is InChI=1S/C12H15N3O6S/c13-8-1-2-14(7-8)22(18,19)12-6-11-10(20-3-4-21-11)5-9(12)15(16)17/h5-6,8H,1-4,7,13H2/t8-/m1/s1. The molecule has 0 saturated carbocycles. The van der Waals surface area contributed by atoms with E-state index < -0.39 is 25.5 Å². The van der Waals surface area contributed by atoms with E-state index in [4.69, 9.17) is 15.2 Å². The summed E-state index contributed by atoms with van der Waals surface area (Å²) in [6.07, 6.45) is 0.525. The molecule has 1 fully saturated rings. The average Bonchev–Trinajstić information content (AvgIpc) is 2.93. The van der Waals surface area contributed by atoms with Crippen LogP contribution in [0.2, 0.25) is 0 Å². The maximum Gasteiger partial charge on any atom is 0.293 e. The van der Waals surface area contributed by atoms with E-state index in [0.29, 0.717) is 6.42 Å². The lowest BCUT2D eigenvalue weighted by Crippen LogP contribution is -2.32. The van der Waals surface area contributed by atoms with Crippen molar-refractivity contribution in [3.8, 4) is 11.5 Å². The third-order valence-corrected chi connectivity index (χ3v) is 5.52. The van der Waals surface area contributed by atoms with E-state index in [9.17, 15) is 18.5 Å². The highest BCUT2D eigenvalue weighted by atomic mass is 32.2. The summed E-state index contributed by atoms with van der Waals surface area (Å²) in [6.45, 7) is 0.916. The number of nitrogens with two attached hydrogens (primary N) is 1. The minimum Gasteiger partial charge on any atom is -0.486 e. The lowest BCUT2D eigenvalue weighted by molar-refractivity contribution is -0.388. The fourth-order valence-electron chi connectivity index (χ4n) is 2.52. The second-order valence-electron chi connectivity index (χ2n) is 5.13. The Morgan fingerprint density at radius 2 is 1.91 bits per heavy atom. The fraction of sp³-hybridized carbons (Fsp3) is 0.500. The molecule has 0 amide bonds. The number of ether oxygens (including phenoxy) is 2. The smallest absolute Gasteiger partial charge is 0.293 e. The van der Waals surface area contributed by atoms with Crippen LogP contribution in [-0.2, 0) is 10.0 Å². The van der Waals surface area contributed by atoms with Gasteiger partial charge in [-0.15, -0.1) is 0 Å². The molecule has 2 heterocycles. The summed E-state index contributed by atoms with van der Waals surface area (Å²) in [5, 5.41) is 11.2. The van der Waals surface area contributed by atoms with Gasteiger partial charge in [-0.2, -0.15) is 4.31 Å². The van der Waals surface area contributed by atoms with Crippen LogP contribution in [0.25, 0.3) is 0 Å².